The fraction of sp³-hybridized carbons (Fsp3) is 0.200. The molecule has 0 aliphatic carbocycles. The van der Waals surface area contributed by atoms with Gasteiger partial charge < -0.3 is 15.1 Å². The van der Waals surface area contributed by atoms with E-state index in [1.54, 1.807) is 30.3 Å². The third-order valence-corrected chi connectivity index (χ3v) is 5.33. The van der Waals surface area contributed by atoms with Crippen LogP contribution in [0.15, 0.2) is 53.3 Å². The van der Waals surface area contributed by atoms with Crippen LogP contribution in [0.1, 0.15) is 35.3 Å². The van der Waals surface area contributed by atoms with E-state index in [1.807, 2.05) is 31.2 Å². The number of rotatable bonds is 6. The summed E-state index contributed by atoms with van der Waals surface area (Å²) in [6.07, 6.45) is 1.60. The molecule has 0 aliphatic rings. The van der Waals surface area contributed by atoms with Crippen LogP contribution in [0, 0.1) is 6.92 Å². The van der Waals surface area contributed by atoms with Gasteiger partial charge in [0.2, 0.25) is 5.88 Å². The Balaban J connectivity index is 2.27. The summed E-state index contributed by atoms with van der Waals surface area (Å²) in [6.45, 7) is 11.6. The van der Waals surface area contributed by atoms with Crippen LogP contribution in [-0.2, 0) is 0 Å². The molecule has 1 heterocycles. The van der Waals surface area contributed by atoms with Gasteiger partial charge in [-0.25, -0.2) is 9.36 Å². The Morgan fingerprint density at radius 2 is 1.65 bits per heavy atom. The number of aromatic hydroxyl groups is 1. The summed E-state index contributed by atoms with van der Waals surface area (Å²) in [5, 5.41) is 20.4. The topological polar surface area (TPSA) is 82.8 Å². The Morgan fingerprint density at radius 1 is 1.06 bits per heavy atom. The number of hydrogen-bond acceptors (Lipinski definition) is 4. The van der Waals surface area contributed by atoms with E-state index in [1.165, 1.54) is 0 Å². The van der Waals surface area contributed by atoms with Crippen LogP contribution < -0.4 is 20.9 Å². The van der Waals surface area contributed by atoms with Crippen molar-refractivity contribution < 1.29 is 15.0 Å². The zero-order chi connectivity index (χ0) is 22.7. The second-order valence-electron chi connectivity index (χ2n) is 7.28. The minimum absolute atomic E-state index is 0.0221. The number of aromatic carboxylic acids is 1. The lowest BCUT2D eigenvalue weighted by Gasteiger charge is -2.20. The van der Waals surface area contributed by atoms with Crippen molar-refractivity contribution in [2.75, 3.05) is 18.0 Å². The number of hydrogen-bond donors (Lipinski definition) is 2. The van der Waals surface area contributed by atoms with Gasteiger partial charge in [0.25, 0.3) is 5.56 Å². The van der Waals surface area contributed by atoms with Crippen LogP contribution in [0.25, 0.3) is 18.3 Å². The summed E-state index contributed by atoms with van der Waals surface area (Å²) in [4.78, 5) is 27.3. The molecule has 6 nitrogen and oxygen atoms in total. The van der Waals surface area contributed by atoms with Crippen LogP contribution in [-0.4, -0.2) is 33.8 Å². The van der Waals surface area contributed by atoms with Crippen LogP contribution in [0.4, 0.5) is 5.69 Å². The second-order valence-corrected chi connectivity index (χ2v) is 7.28. The molecule has 0 radical (unpaired) electrons. The van der Waals surface area contributed by atoms with Crippen molar-refractivity contribution in [3.8, 4) is 11.6 Å². The molecule has 1 aromatic heterocycles. The average Bonchev–Trinajstić information content (AvgIpc) is 2.74. The third-order valence-electron chi connectivity index (χ3n) is 5.33. The predicted octanol–water partition coefficient (Wildman–Crippen LogP) is 2.64. The number of carbonyl (C=O) groups is 1. The Morgan fingerprint density at radius 3 is 2.16 bits per heavy atom. The van der Waals surface area contributed by atoms with Crippen molar-refractivity contribution in [1.82, 2.24) is 4.57 Å². The number of aryl methyl sites for hydroxylation is 1. The van der Waals surface area contributed by atoms with Crippen LogP contribution >= 0.6 is 0 Å². The van der Waals surface area contributed by atoms with Gasteiger partial charge in [-0.1, -0.05) is 36.4 Å². The molecule has 0 fully saturated rings. The second kappa shape index (κ2) is 8.92. The molecule has 0 bridgehead atoms. The highest BCUT2D eigenvalue weighted by Gasteiger charge is 2.19. The number of nitrogens with zero attached hydrogens (tertiary/aromatic N) is 2. The van der Waals surface area contributed by atoms with Gasteiger partial charge in [0.15, 0.2) is 0 Å². The predicted molar refractivity (Wildman–Crippen MR) is 124 cm³/mol. The van der Waals surface area contributed by atoms with Gasteiger partial charge >= 0.3 is 5.97 Å². The first-order chi connectivity index (χ1) is 14.8. The fourth-order valence-electron chi connectivity index (χ4n) is 3.57. The van der Waals surface area contributed by atoms with E-state index in [0.717, 1.165) is 34.5 Å². The number of benzene rings is 2. The normalized spacial score (nSPS) is 11.5. The number of anilines is 1. The van der Waals surface area contributed by atoms with Crippen molar-refractivity contribution in [3.63, 3.8) is 0 Å². The van der Waals surface area contributed by atoms with E-state index in [-0.39, 0.29) is 10.4 Å². The van der Waals surface area contributed by atoms with E-state index in [9.17, 15) is 19.8 Å². The van der Waals surface area contributed by atoms with Crippen molar-refractivity contribution >= 4 is 24.3 Å². The zero-order valence-corrected chi connectivity index (χ0v) is 17.9. The minimum Gasteiger partial charge on any atom is -0.493 e. The van der Waals surface area contributed by atoms with Crippen molar-refractivity contribution in [3.05, 3.63) is 86.0 Å². The summed E-state index contributed by atoms with van der Waals surface area (Å²) >= 11 is 0. The lowest BCUT2D eigenvalue weighted by Crippen LogP contribution is -2.46. The van der Waals surface area contributed by atoms with Gasteiger partial charge in [-0.3, -0.25) is 4.79 Å². The van der Waals surface area contributed by atoms with Crippen molar-refractivity contribution in [2.45, 2.75) is 20.8 Å². The van der Waals surface area contributed by atoms with Crippen molar-refractivity contribution in [2.24, 2.45) is 0 Å². The van der Waals surface area contributed by atoms with E-state index < -0.39 is 23.0 Å². The lowest BCUT2D eigenvalue weighted by atomic mass is 10.1. The SMILES string of the molecule is C=c1c(C(=O)O)c(O)n(-c2ccc(C)cc2)c(=O)c1=Cc1ccc(N(CC)CC)cc1. The van der Waals surface area contributed by atoms with E-state index in [4.69, 9.17) is 0 Å². The zero-order valence-electron chi connectivity index (χ0n) is 17.9. The highest BCUT2D eigenvalue weighted by atomic mass is 16.4. The molecule has 0 saturated heterocycles. The Bertz CT molecular complexity index is 1270. The summed E-state index contributed by atoms with van der Waals surface area (Å²) in [5.41, 5.74) is 2.21. The largest absolute Gasteiger partial charge is 0.493 e. The highest BCUT2D eigenvalue weighted by molar-refractivity contribution is 5.90. The van der Waals surface area contributed by atoms with Crippen LogP contribution in [0.3, 0.4) is 0 Å². The minimum atomic E-state index is -1.35. The average molecular weight is 418 g/mol. The summed E-state index contributed by atoms with van der Waals surface area (Å²) in [7, 11) is 0. The molecule has 31 heavy (non-hydrogen) atoms. The highest BCUT2D eigenvalue weighted by Crippen LogP contribution is 2.17. The molecule has 0 saturated carbocycles. The standard InChI is InChI=1S/C25H26N2O4/c1-5-26(6-2)19-13-9-18(10-14-19)15-21-17(4)22(25(30)31)24(29)27(23(21)28)20-11-7-16(3)8-12-20/h7-15,29H,4-6H2,1-3H3,(H,30,31). The van der Waals surface area contributed by atoms with Gasteiger partial charge in [-0.15, -0.1) is 0 Å². The maximum Gasteiger partial charge on any atom is 0.341 e. The molecule has 0 unspecified atom stereocenters. The lowest BCUT2D eigenvalue weighted by molar-refractivity contribution is 0.0690. The maximum atomic E-state index is 13.3. The Hall–Kier alpha value is -3.80. The third kappa shape index (κ3) is 4.23. The molecule has 0 amide bonds. The molecule has 2 N–H and O–H groups in total. The quantitative estimate of drug-likeness (QED) is 0.643. The summed E-state index contributed by atoms with van der Waals surface area (Å²) in [5.74, 6) is -1.99. The number of pyridine rings is 1. The molecule has 0 aliphatic heterocycles. The molecule has 0 spiro atoms. The van der Waals surface area contributed by atoms with Gasteiger partial charge in [0.1, 0.15) is 5.56 Å². The molecule has 0 atom stereocenters. The van der Waals surface area contributed by atoms with Gasteiger partial charge in [0, 0.05) is 24.0 Å². The molecular formula is C25H26N2O4. The smallest absolute Gasteiger partial charge is 0.341 e. The monoisotopic (exact) mass is 418 g/mol. The van der Waals surface area contributed by atoms with E-state index in [0.29, 0.717) is 5.69 Å². The first-order valence-electron chi connectivity index (χ1n) is 10.1. The molecule has 3 rings (SSSR count). The Labute approximate surface area is 180 Å². The maximum absolute atomic E-state index is 13.3. The molecule has 2 aromatic carbocycles. The first-order valence-corrected chi connectivity index (χ1v) is 10.1. The van der Waals surface area contributed by atoms with E-state index >= 15 is 0 Å². The van der Waals surface area contributed by atoms with Gasteiger partial charge in [0.05, 0.1) is 5.69 Å². The van der Waals surface area contributed by atoms with Crippen LogP contribution in [0.5, 0.6) is 5.88 Å². The van der Waals surface area contributed by atoms with E-state index in [2.05, 4.69) is 25.3 Å². The Kier molecular flexibility index (Phi) is 6.30. The molecular weight excluding hydrogens is 392 g/mol. The number of carboxylic acid groups (broad SMARTS) is 1. The molecule has 160 valence electrons. The van der Waals surface area contributed by atoms with Gasteiger partial charge in [-0.05, 0) is 61.9 Å². The summed E-state index contributed by atoms with van der Waals surface area (Å²) < 4.78 is 1.01. The fourth-order valence-corrected chi connectivity index (χ4v) is 3.57. The molecule has 3 aromatic rings. The van der Waals surface area contributed by atoms with Gasteiger partial charge in [-0.2, -0.15) is 0 Å². The van der Waals surface area contributed by atoms with Crippen LogP contribution in [0.2, 0.25) is 0 Å². The van der Waals surface area contributed by atoms with Crippen molar-refractivity contribution in [1.29, 1.82) is 0 Å². The number of aromatic nitrogens is 1. The molecule has 6 heteroatoms. The number of carboxylic acids is 1. The first kappa shape index (κ1) is 21.9. The summed E-state index contributed by atoms with van der Waals surface area (Å²) in [6, 6.07) is 14.6.